The molecule has 0 bridgehead atoms. The summed E-state index contributed by atoms with van der Waals surface area (Å²) in [5, 5.41) is 10.8. The molecule has 0 aromatic heterocycles. The Bertz CT molecular complexity index is 394. The maximum Gasteiger partial charge on any atom is 0.189 e. The molecular formula is C21H38O3. The SMILES string of the molecule is CCCCCCCCCCCC[C@]1(O)C(=O)C=C[C@@H]1OC(C)(C)C. The number of carbonyl (C=O) groups is 1. The summed E-state index contributed by atoms with van der Waals surface area (Å²) in [6.07, 6.45) is 15.6. The van der Waals surface area contributed by atoms with Crippen molar-refractivity contribution in [3.63, 3.8) is 0 Å². The molecule has 3 nitrogen and oxygen atoms in total. The Hall–Kier alpha value is -0.670. The van der Waals surface area contributed by atoms with Gasteiger partial charge in [0.25, 0.3) is 0 Å². The van der Waals surface area contributed by atoms with Crippen molar-refractivity contribution in [3.8, 4) is 0 Å². The first-order chi connectivity index (χ1) is 11.3. The zero-order valence-corrected chi connectivity index (χ0v) is 16.3. The van der Waals surface area contributed by atoms with Crippen LogP contribution in [0.25, 0.3) is 0 Å². The smallest absolute Gasteiger partial charge is 0.189 e. The van der Waals surface area contributed by atoms with Gasteiger partial charge in [-0.2, -0.15) is 0 Å². The largest absolute Gasteiger partial charge is 0.379 e. The van der Waals surface area contributed by atoms with Gasteiger partial charge in [0, 0.05) is 0 Å². The Balaban J connectivity index is 2.19. The molecule has 1 N–H and O–H groups in total. The minimum absolute atomic E-state index is 0.201. The van der Waals surface area contributed by atoms with Gasteiger partial charge in [0.15, 0.2) is 11.4 Å². The van der Waals surface area contributed by atoms with E-state index in [-0.39, 0.29) is 11.4 Å². The van der Waals surface area contributed by atoms with Crippen LogP contribution >= 0.6 is 0 Å². The van der Waals surface area contributed by atoms with E-state index in [0.717, 1.165) is 12.8 Å². The van der Waals surface area contributed by atoms with E-state index in [1.165, 1.54) is 57.4 Å². The number of aliphatic hydroxyl groups is 1. The van der Waals surface area contributed by atoms with Crippen molar-refractivity contribution < 1.29 is 14.6 Å². The van der Waals surface area contributed by atoms with Crippen molar-refractivity contribution in [3.05, 3.63) is 12.2 Å². The van der Waals surface area contributed by atoms with Crippen molar-refractivity contribution >= 4 is 5.78 Å². The molecule has 0 aromatic carbocycles. The third-order valence-corrected chi connectivity index (χ3v) is 4.71. The Morgan fingerprint density at radius 2 is 1.50 bits per heavy atom. The summed E-state index contributed by atoms with van der Waals surface area (Å²) in [5.74, 6) is -0.201. The highest BCUT2D eigenvalue weighted by atomic mass is 16.5. The van der Waals surface area contributed by atoms with Crippen LogP contribution in [0.5, 0.6) is 0 Å². The summed E-state index contributed by atoms with van der Waals surface area (Å²) in [6, 6.07) is 0. The highest BCUT2D eigenvalue weighted by Gasteiger charge is 2.46. The van der Waals surface area contributed by atoms with Crippen molar-refractivity contribution in [2.45, 2.75) is 116 Å². The molecule has 0 fully saturated rings. The van der Waals surface area contributed by atoms with Gasteiger partial charge in [0.1, 0.15) is 6.10 Å². The van der Waals surface area contributed by atoms with Gasteiger partial charge in [-0.25, -0.2) is 0 Å². The van der Waals surface area contributed by atoms with Crippen LogP contribution in [0.1, 0.15) is 98.3 Å². The molecule has 1 aliphatic carbocycles. The van der Waals surface area contributed by atoms with Crippen molar-refractivity contribution in [1.29, 1.82) is 0 Å². The predicted octanol–water partition coefficient (Wildman–Crippen LogP) is 5.35. The normalized spacial score (nSPS) is 24.0. The standard InChI is InChI=1S/C21H38O3/c1-5-6-7-8-9-10-11-12-13-14-17-21(23)18(22)15-16-19(21)24-20(2,3)4/h15-16,19,23H,5-14,17H2,1-4H3/t19-,21-/m0/s1. The van der Waals surface area contributed by atoms with E-state index in [0.29, 0.717) is 6.42 Å². The van der Waals surface area contributed by atoms with E-state index in [4.69, 9.17) is 4.74 Å². The van der Waals surface area contributed by atoms with Crippen LogP contribution in [-0.4, -0.2) is 28.2 Å². The van der Waals surface area contributed by atoms with Gasteiger partial charge < -0.3 is 9.84 Å². The number of hydrogen-bond acceptors (Lipinski definition) is 3. The fourth-order valence-electron chi connectivity index (χ4n) is 3.28. The van der Waals surface area contributed by atoms with Crippen LogP contribution in [0.15, 0.2) is 12.2 Å². The lowest BCUT2D eigenvalue weighted by Gasteiger charge is -2.33. The fraction of sp³-hybridized carbons (Fsp3) is 0.857. The molecule has 2 atom stereocenters. The predicted molar refractivity (Wildman–Crippen MR) is 100 cm³/mol. The average molecular weight is 339 g/mol. The molecule has 0 aliphatic heterocycles. The lowest BCUT2D eigenvalue weighted by atomic mass is 9.90. The number of rotatable bonds is 12. The maximum absolute atomic E-state index is 12.1. The van der Waals surface area contributed by atoms with Gasteiger partial charge in [0.05, 0.1) is 5.60 Å². The molecule has 3 heteroatoms. The first-order valence-electron chi connectivity index (χ1n) is 9.92. The monoisotopic (exact) mass is 338 g/mol. The average Bonchev–Trinajstić information content (AvgIpc) is 2.76. The number of ether oxygens (including phenoxy) is 1. The Labute approximate surface area is 148 Å². The minimum atomic E-state index is -1.35. The summed E-state index contributed by atoms with van der Waals surface area (Å²) >= 11 is 0. The van der Waals surface area contributed by atoms with E-state index in [1.807, 2.05) is 20.8 Å². The van der Waals surface area contributed by atoms with E-state index in [2.05, 4.69) is 6.92 Å². The lowest BCUT2D eigenvalue weighted by Crippen LogP contribution is -2.48. The zero-order valence-electron chi connectivity index (χ0n) is 16.3. The van der Waals surface area contributed by atoms with Crippen molar-refractivity contribution in [2.75, 3.05) is 0 Å². The summed E-state index contributed by atoms with van der Waals surface area (Å²) < 4.78 is 5.87. The Morgan fingerprint density at radius 3 is 2.00 bits per heavy atom. The molecule has 140 valence electrons. The third kappa shape index (κ3) is 7.48. The van der Waals surface area contributed by atoms with Gasteiger partial charge in [-0.15, -0.1) is 0 Å². The number of carbonyl (C=O) groups excluding carboxylic acids is 1. The second-order valence-electron chi connectivity index (χ2n) is 8.23. The molecule has 1 aliphatic rings. The molecule has 0 heterocycles. The van der Waals surface area contributed by atoms with Gasteiger partial charge in [-0.1, -0.05) is 64.7 Å². The first kappa shape index (κ1) is 21.4. The minimum Gasteiger partial charge on any atom is -0.379 e. The zero-order chi connectivity index (χ0) is 18.1. The van der Waals surface area contributed by atoms with Gasteiger partial charge in [0.2, 0.25) is 0 Å². The van der Waals surface area contributed by atoms with Crippen LogP contribution < -0.4 is 0 Å². The molecule has 0 radical (unpaired) electrons. The third-order valence-electron chi connectivity index (χ3n) is 4.71. The van der Waals surface area contributed by atoms with Gasteiger partial charge in [-0.3, -0.25) is 4.79 Å². The number of hydrogen-bond donors (Lipinski definition) is 1. The van der Waals surface area contributed by atoms with E-state index >= 15 is 0 Å². The topological polar surface area (TPSA) is 46.5 Å². The van der Waals surface area contributed by atoms with Crippen LogP contribution in [0, 0.1) is 0 Å². The number of unbranched alkanes of at least 4 members (excludes halogenated alkanes) is 9. The highest BCUT2D eigenvalue weighted by Crippen LogP contribution is 2.32. The molecule has 24 heavy (non-hydrogen) atoms. The fourth-order valence-corrected chi connectivity index (χ4v) is 3.28. The molecule has 1 rings (SSSR count). The highest BCUT2D eigenvalue weighted by molar-refractivity contribution is 6.00. The second kappa shape index (κ2) is 10.4. The van der Waals surface area contributed by atoms with E-state index in [1.54, 1.807) is 6.08 Å². The molecule has 0 amide bonds. The summed E-state index contributed by atoms with van der Waals surface area (Å²) in [7, 11) is 0. The molecule has 0 saturated carbocycles. The molecule has 0 aromatic rings. The Kier molecular flexibility index (Phi) is 9.22. The Morgan fingerprint density at radius 1 is 1.00 bits per heavy atom. The van der Waals surface area contributed by atoms with Gasteiger partial charge >= 0.3 is 0 Å². The lowest BCUT2D eigenvalue weighted by molar-refractivity contribution is -0.157. The first-order valence-corrected chi connectivity index (χ1v) is 9.92. The molecule has 0 unspecified atom stereocenters. The summed E-state index contributed by atoms with van der Waals surface area (Å²) in [4.78, 5) is 12.1. The van der Waals surface area contributed by atoms with Crippen LogP contribution in [0.4, 0.5) is 0 Å². The van der Waals surface area contributed by atoms with E-state index < -0.39 is 11.7 Å². The second-order valence-corrected chi connectivity index (χ2v) is 8.23. The summed E-state index contributed by atoms with van der Waals surface area (Å²) in [6.45, 7) is 8.09. The van der Waals surface area contributed by atoms with E-state index in [9.17, 15) is 9.90 Å². The van der Waals surface area contributed by atoms with Crippen LogP contribution in [0.2, 0.25) is 0 Å². The van der Waals surface area contributed by atoms with Crippen molar-refractivity contribution in [2.24, 2.45) is 0 Å². The van der Waals surface area contributed by atoms with Gasteiger partial charge in [-0.05, 0) is 45.8 Å². The molecule has 0 spiro atoms. The quantitative estimate of drug-likeness (QED) is 0.488. The summed E-state index contributed by atoms with van der Waals surface area (Å²) in [5.41, 5.74) is -1.72. The van der Waals surface area contributed by atoms with Crippen LogP contribution in [0.3, 0.4) is 0 Å². The molecule has 0 saturated heterocycles. The number of ketones is 1. The molecular weight excluding hydrogens is 300 g/mol. The maximum atomic E-state index is 12.1. The van der Waals surface area contributed by atoms with Crippen molar-refractivity contribution in [1.82, 2.24) is 0 Å². The van der Waals surface area contributed by atoms with Crippen LogP contribution in [-0.2, 0) is 9.53 Å².